The lowest BCUT2D eigenvalue weighted by molar-refractivity contribution is -0.116. The topological polar surface area (TPSA) is 55.1 Å². The molecule has 0 aliphatic heterocycles. The predicted octanol–water partition coefficient (Wildman–Crippen LogP) is 3.27. The molecule has 1 unspecified atom stereocenters. The molecule has 0 bridgehead atoms. The third-order valence-corrected chi connectivity index (χ3v) is 3.10. The summed E-state index contributed by atoms with van der Waals surface area (Å²) in [7, 11) is 0. The van der Waals surface area contributed by atoms with E-state index in [2.05, 4.69) is 43.4 Å². The van der Waals surface area contributed by atoms with Crippen LogP contribution in [0.4, 0.5) is 5.88 Å². The number of carbonyl (C=O) groups excluding carboxylic acids is 1. The molecule has 18 heavy (non-hydrogen) atoms. The molecule has 0 radical (unpaired) electrons. The Morgan fingerprint density at radius 3 is 2.89 bits per heavy atom. The summed E-state index contributed by atoms with van der Waals surface area (Å²) < 4.78 is 5.13. The number of nitrogens with one attached hydrogen (secondary N) is 1. The number of aromatic nitrogens is 1. The Hall–Kier alpha value is -1.58. The molecular weight excluding hydrogens is 228 g/mol. The molecule has 0 saturated carbocycles. The van der Waals surface area contributed by atoms with Gasteiger partial charge in [0.25, 0.3) is 0 Å². The molecule has 0 saturated heterocycles. The van der Waals surface area contributed by atoms with Crippen LogP contribution in [0.3, 0.4) is 0 Å². The van der Waals surface area contributed by atoms with Crippen LogP contribution in [0.5, 0.6) is 0 Å². The van der Waals surface area contributed by atoms with Crippen LogP contribution >= 0.6 is 0 Å². The summed E-state index contributed by atoms with van der Waals surface area (Å²) in [5, 5.41) is 6.73. The molecule has 4 nitrogen and oxygen atoms in total. The van der Waals surface area contributed by atoms with Crippen LogP contribution in [0, 0.1) is 5.92 Å². The van der Waals surface area contributed by atoms with Crippen molar-refractivity contribution >= 4 is 11.8 Å². The van der Waals surface area contributed by atoms with Gasteiger partial charge in [0.05, 0.1) is 5.69 Å². The molecule has 0 fully saturated rings. The molecule has 2 rings (SSSR count). The Labute approximate surface area is 107 Å². The lowest BCUT2D eigenvalue weighted by Crippen LogP contribution is -2.14. The van der Waals surface area contributed by atoms with E-state index in [1.807, 2.05) is 0 Å². The van der Waals surface area contributed by atoms with Crippen molar-refractivity contribution in [2.24, 2.45) is 5.92 Å². The fourth-order valence-electron chi connectivity index (χ4n) is 1.98. The first-order chi connectivity index (χ1) is 8.45. The number of nitrogens with zero attached hydrogens (tertiary/aromatic N) is 1. The first kappa shape index (κ1) is 12.9. The van der Waals surface area contributed by atoms with Gasteiger partial charge in [-0.25, -0.2) is 0 Å². The van der Waals surface area contributed by atoms with Crippen LogP contribution in [0.2, 0.25) is 0 Å². The van der Waals surface area contributed by atoms with E-state index in [1.165, 1.54) is 0 Å². The van der Waals surface area contributed by atoms with E-state index < -0.39 is 0 Å². The summed E-state index contributed by atoms with van der Waals surface area (Å²) in [5.74, 6) is 0.796. The van der Waals surface area contributed by atoms with Crippen molar-refractivity contribution in [1.82, 2.24) is 5.16 Å². The zero-order chi connectivity index (χ0) is 13.2. The molecule has 1 heterocycles. The fourth-order valence-corrected chi connectivity index (χ4v) is 1.98. The Morgan fingerprint density at radius 2 is 2.33 bits per heavy atom. The Kier molecular flexibility index (Phi) is 3.55. The van der Waals surface area contributed by atoms with Gasteiger partial charge < -0.3 is 4.52 Å². The van der Waals surface area contributed by atoms with E-state index in [9.17, 15) is 4.79 Å². The quantitative estimate of drug-likeness (QED) is 0.835. The molecule has 0 spiro atoms. The summed E-state index contributed by atoms with van der Waals surface area (Å²) in [6.07, 6.45) is 6.90. The summed E-state index contributed by atoms with van der Waals surface area (Å²) in [6.45, 7) is 6.17. The first-order valence-corrected chi connectivity index (χ1v) is 6.39. The summed E-state index contributed by atoms with van der Waals surface area (Å²) in [5.41, 5.74) is 0.777. The highest BCUT2D eigenvalue weighted by atomic mass is 16.5. The van der Waals surface area contributed by atoms with Crippen molar-refractivity contribution < 1.29 is 9.32 Å². The van der Waals surface area contributed by atoms with Gasteiger partial charge >= 0.3 is 0 Å². The molecule has 1 N–H and O–H groups in total. The fraction of sp³-hybridized carbons (Fsp3) is 0.571. The highest BCUT2D eigenvalue weighted by Gasteiger charge is 2.20. The van der Waals surface area contributed by atoms with Crippen LogP contribution in [-0.2, 0) is 10.2 Å². The second-order valence-electron chi connectivity index (χ2n) is 5.84. The normalized spacial score (nSPS) is 19.2. The number of hydrogen-bond donors (Lipinski definition) is 1. The van der Waals surface area contributed by atoms with Crippen LogP contribution < -0.4 is 5.32 Å². The van der Waals surface area contributed by atoms with Gasteiger partial charge in [0.1, 0.15) is 0 Å². The third-order valence-electron chi connectivity index (χ3n) is 3.10. The van der Waals surface area contributed by atoms with Gasteiger partial charge in [-0.05, 0) is 18.8 Å². The lowest BCUT2D eigenvalue weighted by atomic mass is 9.92. The van der Waals surface area contributed by atoms with Crippen LogP contribution in [-0.4, -0.2) is 11.1 Å². The maximum Gasteiger partial charge on any atom is 0.231 e. The Bertz CT molecular complexity index is 455. The molecule has 1 aromatic rings. The third kappa shape index (κ3) is 3.22. The van der Waals surface area contributed by atoms with Gasteiger partial charge in [-0.1, -0.05) is 38.1 Å². The Morgan fingerprint density at radius 1 is 1.56 bits per heavy atom. The van der Waals surface area contributed by atoms with Gasteiger partial charge in [0.2, 0.25) is 11.8 Å². The Balaban J connectivity index is 1.91. The van der Waals surface area contributed by atoms with Crippen molar-refractivity contribution in [3.8, 4) is 0 Å². The van der Waals surface area contributed by atoms with Crippen LogP contribution in [0.1, 0.15) is 45.7 Å². The lowest BCUT2D eigenvalue weighted by Gasteiger charge is -2.12. The first-order valence-electron chi connectivity index (χ1n) is 6.39. The van der Waals surface area contributed by atoms with Crippen LogP contribution in [0.25, 0.3) is 0 Å². The van der Waals surface area contributed by atoms with Crippen molar-refractivity contribution in [3.05, 3.63) is 23.9 Å². The van der Waals surface area contributed by atoms with Gasteiger partial charge in [-0.15, -0.1) is 0 Å². The standard InChI is InChI=1S/C14H20N2O2/c1-14(2,3)11-9-13(18-16-11)15-12(17)8-10-6-4-5-7-10/h4,6,9-10H,5,7-8H2,1-3H3,(H,15,17). The summed E-state index contributed by atoms with van der Waals surface area (Å²) >= 11 is 0. The van der Waals surface area contributed by atoms with E-state index in [0.717, 1.165) is 18.5 Å². The van der Waals surface area contributed by atoms with Gasteiger partial charge in [-0.2, -0.15) is 0 Å². The van der Waals surface area contributed by atoms with E-state index in [-0.39, 0.29) is 11.3 Å². The highest BCUT2D eigenvalue weighted by molar-refractivity contribution is 5.89. The van der Waals surface area contributed by atoms with E-state index in [4.69, 9.17) is 4.52 Å². The molecule has 1 atom stereocenters. The molecule has 1 aliphatic carbocycles. The van der Waals surface area contributed by atoms with E-state index in [1.54, 1.807) is 6.07 Å². The molecule has 1 aromatic heterocycles. The predicted molar refractivity (Wildman–Crippen MR) is 70.3 cm³/mol. The summed E-state index contributed by atoms with van der Waals surface area (Å²) in [4.78, 5) is 11.8. The number of carbonyl (C=O) groups is 1. The monoisotopic (exact) mass is 248 g/mol. The number of allylic oxidation sites excluding steroid dienone is 2. The minimum atomic E-state index is -0.0688. The summed E-state index contributed by atoms with van der Waals surface area (Å²) in [6, 6.07) is 1.79. The zero-order valence-corrected chi connectivity index (χ0v) is 11.2. The smallest absolute Gasteiger partial charge is 0.231 e. The molecule has 98 valence electrons. The van der Waals surface area contributed by atoms with Crippen LogP contribution in [0.15, 0.2) is 22.7 Å². The average molecular weight is 248 g/mol. The van der Waals surface area contributed by atoms with E-state index in [0.29, 0.717) is 18.2 Å². The molecule has 0 aromatic carbocycles. The second kappa shape index (κ2) is 4.96. The number of anilines is 1. The molecule has 1 aliphatic rings. The molecule has 4 heteroatoms. The largest absolute Gasteiger partial charge is 0.338 e. The average Bonchev–Trinajstić information content (AvgIpc) is 2.87. The van der Waals surface area contributed by atoms with Crippen molar-refractivity contribution in [2.45, 2.75) is 45.4 Å². The molecular formula is C14H20N2O2. The minimum Gasteiger partial charge on any atom is -0.338 e. The minimum absolute atomic E-state index is 0.0110. The number of hydrogen-bond acceptors (Lipinski definition) is 3. The number of rotatable bonds is 3. The van der Waals surface area contributed by atoms with Gasteiger partial charge in [0.15, 0.2) is 0 Å². The van der Waals surface area contributed by atoms with Gasteiger partial charge in [-0.3, -0.25) is 10.1 Å². The molecule has 1 amide bonds. The highest BCUT2D eigenvalue weighted by Crippen LogP contribution is 2.24. The maximum atomic E-state index is 11.8. The second-order valence-corrected chi connectivity index (χ2v) is 5.84. The van der Waals surface area contributed by atoms with Crippen molar-refractivity contribution in [2.75, 3.05) is 5.32 Å². The number of amides is 1. The maximum absolute atomic E-state index is 11.8. The SMILES string of the molecule is CC(C)(C)c1cc(NC(=O)CC2C=CCC2)on1. The van der Waals surface area contributed by atoms with Gasteiger partial charge in [0, 0.05) is 17.9 Å². The van der Waals surface area contributed by atoms with E-state index >= 15 is 0 Å². The van der Waals surface area contributed by atoms with Crippen molar-refractivity contribution in [1.29, 1.82) is 0 Å². The van der Waals surface area contributed by atoms with Crippen molar-refractivity contribution in [3.63, 3.8) is 0 Å². The zero-order valence-electron chi connectivity index (χ0n) is 11.2.